The van der Waals surface area contributed by atoms with Gasteiger partial charge in [-0.1, -0.05) is 23.7 Å². The first-order chi connectivity index (χ1) is 16.9. The molecule has 3 aromatic rings. The number of carbonyl (C=O) groups excluding carboxylic acids is 1. The number of rotatable bonds is 6. The van der Waals surface area contributed by atoms with Crippen LogP contribution in [0.4, 0.5) is 17.3 Å². The highest BCUT2D eigenvalue weighted by atomic mass is 35.5. The molecule has 3 heterocycles. The Kier molecular flexibility index (Phi) is 6.76. The lowest BCUT2D eigenvalue weighted by atomic mass is 10.2. The summed E-state index contributed by atoms with van der Waals surface area (Å²) < 4.78 is 0. The minimum atomic E-state index is -0.338. The summed E-state index contributed by atoms with van der Waals surface area (Å²) in [6, 6.07) is 16.5. The van der Waals surface area contributed by atoms with Gasteiger partial charge in [0.25, 0.3) is 5.91 Å². The number of carbonyl (C=O) groups is 1. The quantitative estimate of drug-likeness (QED) is 0.371. The fourth-order valence-electron chi connectivity index (χ4n) is 3.68. The molecule has 1 unspecified atom stereocenters. The van der Waals surface area contributed by atoms with Crippen molar-refractivity contribution in [3.05, 3.63) is 65.2 Å². The molecule has 0 spiro atoms. The van der Waals surface area contributed by atoms with Crippen LogP contribution < -0.4 is 21.0 Å². The van der Waals surface area contributed by atoms with Gasteiger partial charge in [-0.05, 0) is 55.1 Å². The predicted molar refractivity (Wildman–Crippen MR) is 138 cm³/mol. The molecule has 1 amide bonds. The van der Waals surface area contributed by atoms with Crippen molar-refractivity contribution >= 4 is 52.4 Å². The molecule has 2 aliphatic rings. The Bertz CT molecular complexity index is 1260. The Balaban J connectivity index is 1.30. The third kappa shape index (κ3) is 5.67. The van der Waals surface area contributed by atoms with Crippen LogP contribution in [0.1, 0.15) is 23.7 Å². The van der Waals surface area contributed by atoms with E-state index in [2.05, 4.69) is 38.1 Å². The molecule has 5 rings (SSSR count). The van der Waals surface area contributed by atoms with Crippen LogP contribution in [0, 0.1) is 0 Å². The Hall–Kier alpha value is -3.34. The maximum atomic E-state index is 12.5. The number of aliphatic hydroxyl groups excluding tert-OH is 1. The second-order valence-corrected chi connectivity index (χ2v) is 9.88. The topological polar surface area (TPSA) is 115 Å². The number of amides is 1. The van der Waals surface area contributed by atoms with Crippen LogP contribution in [0.5, 0.6) is 0 Å². The van der Waals surface area contributed by atoms with Crippen LogP contribution in [-0.2, 0) is 0 Å². The predicted octanol–water partition coefficient (Wildman–Crippen LogP) is 3.82. The number of amidine groups is 1. The van der Waals surface area contributed by atoms with Crippen LogP contribution in [-0.4, -0.2) is 52.1 Å². The maximum absolute atomic E-state index is 12.5. The van der Waals surface area contributed by atoms with Crippen LogP contribution in [0.3, 0.4) is 0 Å². The normalized spacial score (nSPS) is 17.4. The molecule has 35 heavy (non-hydrogen) atoms. The lowest BCUT2D eigenvalue weighted by Gasteiger charge is -2.37. The first kappa shape index (κ1) is 23.4. The van der Waals surface area contributed by atoms with Crippen LogP contribution in [0.25, 0.3) is 0 Å². The third-order valence-corrected chi connectivity index (χ3v) is 6.71. The summed E-state index contributed by atoms with van der Waals surface area (Å²) in [4.78, 5) is 24.8. The molecular weight excluding hydrogens is 486 g/mol. The van der Waals surface area contributed by atoms with Crippen molar-refractivity contribution in [1.29, 1.82) is 0 Å². The van der Waals surface area contributed by atoms with Gasteiger partial charge in [-0.25, -0.2) is 9.97 Å². The summed E-state index contributed by atoms with van der Waals surface area (Å²) in [5.41, 5.74) is 4.12. The van der Waals surface area contributed by atoms with E-state index >= 15 is 0 Å². The standard InChI is InChI=1S/C24H24ClN7O2S/c1-14-10-21(31-30-14)27-20-11-22(32-12-16(33)13-32)29-24(28-20)35-17-8-6-15(7-9-17)26-23(34)18-4-2-3-5-19(18)25/h2-9,11,14,16,30,33H,10,12-13H2,1H3,(H,26,34)(H,27,28,29,31). The summed E-state index contributed by atoms with van der Waals surface area (Å²) in [7, 11) is 0. The van der Waals surface area contributed by atoms with Gasteiger partial charge >= 0.3 is 0 Å². The fraction of sp³-hybridized carbons (Fsp3) is 0.250. The highest BCUT2D eigenvalue weighted by Gasteiger charge is 2.27. The van der Waals surface area contributed by atoms with Gasteiger partial charge in [0.1, 0.15) is 17.5 Å². The average Bonchev–Trinajstić information content (AvgIpc) is 3.22. The van der Waals surface area contributed by atoms with E-state index in [1.165, 1.54) is 11.8 Å². The fourth-order valence-corrected chi connectivity index (χ4v) is 4.67. The smallest absolute Gasteiger partial charge is 0.257 e. The zero-order valence-electron chi connectivity index (χ0n) is 18.9. The molecule has 2 aromatic carbocycles. The second-order valence-electron chi connectivity index (χ2n) is 8.43. The molecule has 0 aliphatic carbocycles. The van der Waals surface area contributed by atoms with E-state index in [-0.39, 0.29) is 18.1 Å². The number of anilines is 3. The zero-order chi connectivity index (χ0) is 24.4. The highest BCUT2D eigenvalue weighted by Crippen LogP contribution is 2.30. The third-order valence-electron chi connectivity index (χ3n) is 5.51. The van der Waals surface area contributed by atoms with Crippen molar-refractivity contribution in [2.45, 2.75) is 35.5 Å². The molecule has 1 fully saturated rings. The first-order valence-corrected chi connectivity index (χ1v) is 12.4. The SMILES string of the molecule is CC1CC(Nc2cc(N3CC(O)C3)nc(Sc3ccc(NC(=O)c4ccccc4Cl)cc3)n2)=NN1. The summed E-state index contributed by atoms with van der Waals surface area (Å²) in [6.45, 7) is 3.15. The van der Waals surface area contributed by atoms with Gasteiger partial charge in [0, 0.05) is 42.2 Å². The highest BCUT2D eigenvalue weighted by molar-refractivity contribution is 7.99. The van der Waals surface area contributed by atoms with Crippen molar-refractivity contribution in [2.75, 3.05) is 28.6 Å². The van der Waals surface area contributed by atoms with Gasteiger partial charge in [0.05, 0.1) is 16.7 Å². The van der Waals surface area contributed by atoms with E-state index < -0.39 is 0 Å². The number of β-amino-alcohol motifs (C(OH)–C–C–N with tert-alkyl or cyclic N) is 1. The summed E-state index contributed by atoms with van der Waals surface area (Å²) >= 11 is 7.53. The zero-order valence-corrected chi connectivity index (χ0v) is 20.5. The molecule has 0 bridgehead atoms. The van der Waals surface area contributed by atoms with Crippen LogP contribution in [0.2, 0.25) is 5.02 Å². The van der Waals surface area contributed by atoms with Crippen molar-refractivity contribution in [3.8, 4) is 0 Å². The molecule has 2 aliphatic heterocycles. The van der Waals surface area contributed by atoms with Gasteiger partial charge in [-0.2, -0.15) is 5.10 Å². The number of hydrogen-bond acceptors (Lipinski definition) is 9. The van der Waals surface area contributed by atoms with Crippen molar-refractivity contribution < 1.29 is 9.90 Å². The molecule has 0 saturated carbocycles. The summed E-state index contributed by atoms with van der Waals surface area (Å²) in [5.74, 6) is 1.95. The number of aromatic nitrogens is 2. The molecule has 1 saturated heterocycles. The van der Waals surface area contributed by atoms with Gasteiger partial charge in [0.2, 0.25) is 0 Å². The second kappa shape index (κ2) is 10.1. The van der Waals surface area contributed by atoms with Crippen molar-refractivity contribution in [3.63, 3.8) is 0 Å². The molecule has 11 heteroatoms. The lowest BCUT2D eigenvalue weighted by molar-refractivity contribution is 0.102. The van der Waals surface area contributed by atoms with Crippen LogP contribution >= 0.6 is 23.4 Å². The number of hydrazone groups is 1. The molecule has 4 N–H and O–H groups in total. The minimum Gasteiger partial charge on any atom is -0.389 e. The molecule has 1 atom stereocenters. The number of benzene rings is 2. The Morgan fingerprint density at radius 2 is 1.94 bits per heavy atom. The average molecular weight is 510 g/mol. The van der Waals surface area contributed by atoms with E-state index in [0.29, 0.717) is 40.3 Å². The monoisotopic (exact) mass is 509 g/mol. The minimum absolute atomic E-state index is 0.266. The molecule has 9 nitrogen and oxygen atoms in total. The van der Waals surface area contributed by atoms with Gasteiger partial charge in [-0.15, -0.1) is 0 Å². The van der Waals surface area contributed by atoms with Gasteiger partial charge in [-0.3, -0.25) is 4.79 Å². The van der Waals surface area contributed by atoms with Crippen molar-refractivity contribution in [2.24, 2.45) is 5.10 Å². The molecule has 1 aromatic heterocycles. The van der Waals surface area contributed by atoms with E-state index in [4.69, 9.17) is 11.6 Å². The summed E-state index contributed by atoms with van der Waals surface area (Å²) in [6.07, 6.45) is 0.446. The number of hydrogen-bond donors (Lipinski definition) is 4. The Labute approximate surface area is 212 Å². The van der Waals surface area contributed by atoms with Crippen molar-refractivity contribution in [1.82, 2.24) is 15.4 Å². The lowest BCUT2D eigenvalue weighted by Crippen LogP contribution is -2.51. The van der Waals surface area contributed by atoms with Gasteiger partial charge in [0.15, 0.2) is 5.16 Å². The number of aliphatic hydroxyl groups is 1. The number of nitrogens with zero attached hydrogens (tertiary/aromatic N) is 4. The number of nitrogens with one attached hydrogen (secondary N) is 3. The molecule has 180 valence electrons. The number of halogens is 1. The Morgan fingerprint density at radius 1 is 1.17 bits per heavy atom. The molecular formula is C24H24ClN7O2S. The van der Waals surface area contributed by atoms with E-state index in [9.17, 15) is 9.90 Å². The first-order valence-electron chi connectivity index (χ1n) is 11.2. The van der Waals surface area contributed by atoms with E-state index in [1.807, 2.05) is 35.2 Å². The largest absolute Gasteiger partial charge is 0.389 e. The maximum Gasteiger partial charge on any atom is 0.257 e. The molecule has 0 radical (unpaired) electrons. The van der Waals surface area contributed by atoms with E-state index in [0.717, 1.165) is 23.0 Å². The van der Waals surface area contributed by atoms with E-state index in [1.54, 1.807) is 24.3 Å². The van der Waals surface area contributed by atoms with Crippen LogP contribution in [0.15, 0.2) is 69.8 Å². The summed E-state index contributed by atoms with van der Waals surface area (Å²) in [5, 5.41) is 21.1. The Morgan fingerprint density at radius 3 is 2.63 bits per heavy atom. The van der Waals surface area contributed by atoms with Gasteiger partial charge < -0.3 is 26.1 Å².